The van der Waals surface area contributed by atoms with E-state index in [1.165, 1.54) is 5.57 Å². The third-order valence-corrected chi connectivity index (χ3v) is 9.78. The fourth-order valence-corrected chi connectivity index (χ4v) is 6.99. The van der Waals surface area contributed by atoms with Gasteiger partial charge in [-0.15, -0.1) is 0 Å². The first-order chi connectivity index (χ1) is 22.5. The predicted molar refractivity (Wildman–Crippen MR) is 190 cm³/mol. The van der Waals surface area contributed by atoms with Gasteiger partial charge in [-0.05, 0) is 125 Å². The molecule has 2 atom stereocenters. The monoisotopic (exact) mass is 622 g/mol. The molecule has 47 heavy (non-hydrogen) atoms. The molecule has 5 aromatic rings. The molecule has 0 saturated heterocycles. The number of phenolic OH excluding ortho intramolecular Hbond substituents is 4. The molecule has 0 aliphatic heterocycles. The molecule has 5 aromatic carbocycles. The van der Waals surface area contributed by atoms with Crippen molar-refractivity contribution in [1.29, 1.82) is 0 Å². The molecule has 0 spiro atoms. The van der Waals surface area contributed by atoms with Gasteiger partial charge in [0.1, 0.15) is 23.0 Å². The molecule has 4 heteroatoms. The van der Waals surface area contributed by atoms with Crippen molar-refractivity contribution in [1.82, 2.24) is 0 Å². The summed E-state index contributed by atoms with van der Waals surface area (Å²) in [6, 6.07) is 31.9. The van der Waals surface area contributed by atoms with Crippen LogP contribution in [-0.2, 0) is 0 Å². The third kappa shape index (κ3) is 6.41. The van der Waals surface area contributed by atoms with Crippen LogP contribution in [0.5, 0.6) is 23.0 Å². The van der Waals surface area contributed by atoms with E-state index in [4.69, 9.17) is 0 Å². The van der Waals surface area contributed by atoms with Crippen LogP contribution in [0.15, 0.2) is 115 Å². The van der Waals surface area contributed by atoms with Crippen LogP contribution in [0.2, 0.25) is 0 Å². The second-order valence-electron chi connectivity index (χ2n) is 13.1. The molecule has 2 unspecified atom stereocenters. The lowest BCUT2D eigenvalue weighted by Gasteiger charge is -2.32. The Morgan fingerprint density at radius 2 is 0.872 bits per heavy atom. The minimum Gasteiger partial charge on any atom is -0.508 e. The molecule has 0 saturated carbocycles. The fraction of sp³-hybridized carbons (Fsp3) is 0.209. The van der Waals surface area contributed by atoms with Gasteiger partial charge in [0, 0.05) is 11.8 Å². The van der Waals surface area contributed by atoms with Crippen LogP contribution in [-0.4, -0.2) is 20.4 Å². The summed E-state index contributed by atoms with van der Waals surface area (Å²) in [5.74, 6) is 1.49. The highest BCUT2D eigenvalue weighted by atomic mass is 16.3. The van der Waals surface area contributed by atoms with Gasteiger partial charge in [0.05, 0.1) is 0 Å². The summed E-state index contributed by atoms with van der Waals surface area (Å²) in [6.45, 7) is 9.93. The van der Waals surface area contributed by atoms with E-state index < -0.39 is 0 Å². The van der Waals surface area contributed by atoms with E-state index in [0.29, 0.717) is 0 Å². The van der Waals surface area contributed by atoms with E-state index in [1.807, 2.05) is 64.1 Å². The largest absolute Gasteiger partial charge is 0.508 e. The highest BCUT2D eigenvalue weighted by molar-refractivity contribution is 5.75. The van der Waals surface area contributed by atoms with Crippen LogP contribution < -0.4 is 0 Å². The van der Waals surface area contributed by atoms with E-state index >= 15 is 0 Å². The summed E-state index contributed by atoms with van der Waals surface area (Å²) < 4.78 is 0. The van der Waals surface area contributed by atoms with E-state index in [2.05, 4.69) is 61.5 Å². The molecule has 0 fully saturated rings. The normalized spacial score (nSPS) is 16.1. The van der Waals surface area contributed by atoms with Crippen molar-refractivity contribution < 1.29 is 20.4 Å². The molecule has 0 radical (unpaired) electrons. The van der Waals surface area contributed by atoms with Gasteiger partial charge in [0.2, 0.25) is 0 Å². The minimum atomic E-state index is -0.0647. The van der Waals surface area contributed by atoms with Crippen molar-refractivity contribution in [2.75, 3.05) is 0 Å². The van der Waals surface area contributed by atoms with Crippen molar-refractivity contribution in [3.8, 4) is 23.0 Å². The standard InChI is InChI=1S/C43H42O4/c1-25-20-32(10-15-37(25)43(35-13-18-40(46)28(4)23-35)36-14-19-41(47)29(5)24-36)30-6-8-31(9-7-30)42(33-11-16-38(44)26(2)21-33)34-12-17-39(45)27(3)22-34/h6-25,37,42-47H,1-5H3. The first-order valence-electron chi connectivity index (χ1n) is 16.2. The molecule has 0 bridgehead atoms. The van der Waals surface area contributed by atoms with Crippen LogP contribution in [0, 0.1) is 39.5 Å². The molecule has 1 aliphatic rings. The zero-order valence-corrected chi connectivity index (χ0v) is 27.6. The lowest BCUT2D eigenvalue weighted by molar-refractivity contribution is 0.450. The molecule has 4 nitrogen and oxygen atoms in total. The first-order valence-corrected chi connectivity index (χ1v) is 16.2. The maximum absolute atomic E-state index is 10.3. The molecule has 4 N–H and O–H groups in total. The maximum atomic E-state index is 10.3. The van der Waals surface area contributed by atoms with Gasteiger partial charge in [-0.3, -0.25) is 0 Å². The number of aromatic hydroxyl groups is 4. The van der Waals surface area contributed by atoms with E-state index in [9.17, 15) is 20.4 Å². The number of aryl methyl sites for hydroxylation is 4. The molecule has 1 aliphatic carbocycles. The fourth-order valence-electron chi connectivity index (χ4n) is 6.99. The zero-order chi connectivity index (χ0) is 33.4. The number of benzene rings is 5. The van der Waals surface area contributed by atoms with Crippen LogP contribution in [0.1, 0.15) is 74.4 Å². The lowest BCUT2D eigenvalue weighted by Crippen LogP contribution is -2.21. The molecule has 0 heterocycles. The Labute approximate surface area is 277 Å². The van der Waals surface area contributed by atoms with Crippen molar-refractivity contribution in [2.24, 2.45) is 11.8 Å². The van der Waals surface area contributed by atoms with E-state index in [0.717, 1.165) is 55.6 Å². The Morgan fingerprint density at radius 1 is 0.489 bits per heavy atom. The third-order valence-electron chi connectivity index (χ3n) is 9.78. The molecule has 0 amide bonds. The number of allylic oxidation sites excluding steroid dienone is 4. The molecular formula is C43H42O4. The SMILES string of the molecule is Cc1cc(C(c2ccc(C3=CC(C)C(C(c4ccc(O)c(C)c4)c4ccc(O)c(C)c4)C=C3)cc2)c2ccc(O)c(C)c2)ccc1O. The van der Waals surface area contributed by atoms with Crippen molar-refractivity contribution in [2.45, 2.75) is 46.5 Å². The van der Waals surface area contributed by atoms with Gasteiger partial charge in [0.15, 0.2) is 0 Å². The minimum absolute atomic E-state index is 0.0447. The Morgan fingerprint density at radius 3 is 1.28 bits per heavy atom. The smallest absolute Gasteiger partial charge is 0.118 e. The second kappa shape index (κ2) is 12.9. The summed E-state index contributed by atoms with van der Waals surface area (Å²) in [6.07, 6.45) is 6.87. The van der Waals surface area contributed by atoms with Crippen molar-refractivity contribution >= 4 is 5.57 Å². The van der Waals surface area contributed by atoms with Gasteiger partial charge < -0.3 is 20.4 Å². The summed E-state index contributed by atoms with van der Waals surface area (Å²) in [4.78, 5) is 0. The van der Waals surface area contributed by atoms with E-state index in [1.54, 1.807) is 24.3 Å². The molecule has 238 valence electrons. The van der Waals surface area contributed by atoms with Gasteiger partial charge in [-0.1, -0.05) is 97.9 Å². The Kier molecular flexibility index (Phi) is 8.70. The Bertz CT molecular complexity index is 1900. The van der Waals surface area contributed by atoms with Crippen LogP contribution >= 0.6 is 0 Å². The second-order valence-corrected chi connectivity index (χ2v) is 13.1. The molecular weight excluding hydrogens is 580 g/mol. The average Bonchev–Trinajstić information content (AvgIpc) is 3.05. The van der Waals surface area contributed by atoms with Gasteiger partial charge in [-0.25, -0.2) is 0 Å². The lowest BCUT2D eigenvalue weighted by atomic mass is 9.71. The summed E-state index contributed by atoms with van der Waals surface area (Å²) in [5.41, 5.74) is 11.2. The zero-order valence-electron chi connectivity index (χ0n) is 27.6. The maximum Gasteiger partial charge on any atom is 0.118 e. The molecule has 6 rings (SSSR count). The highest BCUT2D eigenvalue weighted by Gasteiger charge is 2.30. The Balaban J connectivity index is 1.33. The quantitative estimate of drug-likeness (QED) is 0.136. The van der Waals surface area contributed by atoms with Crippen molar-refractivity contribution in [3.05, 3.63) is 171 Å². The number of hydrogen-bond acceptors (Lipinski definition) is 4. The van der Waals surface area contributed by atoms with Gasteiger partial charge >= 0.3 is 0 Å². The number of rotatable bonds is 7. The average molecular weight is 623 g/mol. The Hall–Kier alpha value is -5.22. The highest BCUT2D eigenvalue weighted by Crippen LogP contribution is 2.43. The van der Waals surface area contributed by atoms with Crippen molar-refractivity contribution in [3.63, 3.8) is 0 Å². The summed E-state index contributed by atoms with van der Waals surface area (Å²) in [7, 11) is 0. The number of phenols is 4. The molecule has 0 aromatic heterocycles. The summed E-state index contributed by atoms with van der Waals surface area (Å²) >= 11 is 0. The summed E-state index contributed by atoms with van der Waals surface area (Å²) in [5, 5.41) is 40.9. The van der Waals surface area contributed by atoms with Crippen LogP contribution in [0.3, 0.4) is 0 Å². The van der Waals surface area contributed by atoms with Gasteiger partial charge in [0.25, 0.3) is 0 Å². The van der Waals surface area contributed by atoms with Crippen LogP contribution in [0.25, 0.3) is 5.57 Å². The topological polar surface area (TPSA) is 80.9 Å². The predicted octanol–water partition coefficient (Wildman–Crippen LogP) is 9.96. The van der Waals surface area contributed by atoms with E-state index in [-0.39, 0.29) is 46.7 Å². The van der Waals surface area contributed by atoms with Crippen LogP contribution in [0.4, 0.5) is 0 Å². The van der Waals surface area contributed by atoms with Gasteiger partial charge in [-0.2, -0.15) is 0 Å². The number of hydrogen-bond donors (Lipinski definition) is 4. The first kappa shape index (κ1) is 31.7.